The van der Waals surface area contributed by atoms with Crippen LogP contribution in [0.4, 0.5) is 0 Å². The molecule has 0 unspecified atom stereocenters. The third kappa shape index (κ3) is 4.20. The molecule has 2 amide bonds. The Hall–Kier alpha value is -2.44. The second kappa shape index (κ2) is 8.29. The predicted molar refractivity (Wildman–Crippen MR) is 97.8 cm³/mol. The van der Waals surface area contributed by atoms with E-state index in [2.05, 4.69) is 10.3 Å². The van der Waals surface area contributed by atoms with E-state index in [0.29, 0.717) is 30.1 Å². The molecule has 6 nitrogen and oxygen atoms in total. The molecule has 3 rings (SSSR count). The van der Waals surface area contributed by atoms with E-state index in [1.54, 1.807) is 42.5 Å². The van der Waals surface area contributed by atoms with Crippen molar-refractivity contribution in [3.63, 3.8) is 0 Å². The van der Waals surface area contributed by atoms with Crippen LogP contribution < -0.4 is 5.32 Å². The van der Waals surface area contributed by atoms with Gasteiger partial charge < -0.3 is 15.0 Å². The molecular weight excluding hydrogens is 354 g/mol. The van der Waals surface area contributed by atoms with Crippen LogP contribution >= 0.6 is 11.6 Å². The van der Waals surface area contributed by atoms with Crippen LogP contribution in [0.1, 0.15) is 22.3 Å². The van der Waals surface area contributed by atoms with Crippen LogP contribution in [0.2, 0.25) is 5.02 Å². The monoisotopic (exact) mass is 373 g/mol. The lowest BCUT2D eigenvalue weighted by atomic mass is 10.1. The maximum absolute atomic E-state index is 12.8. The maximum atomic E-state index is 12.8. The van der Waals surface area contributed by atoms with E-state index in [1.807, 2.05) is 12.1 Å². The highest BCUT2D eigenvalue weighted by molar-refractivity contribution is 6.30. The summed E-state index contributed by atoms with van der Waals surface area (Å²) in [7, 11) is 1.59. The Morgan fingerprint density at radius 1 is 1.31 bits per heavy atom. The molecule has 2 atom stereocenters. The highest BCUT2D eigenvalue weighted by Gasteiger charge is 2.40. The lowest BCUT2D eigenvalue weighted by Gasteiger charge is -2.23. The number of likely N-dealkylation sites (tertiary alicyclic amines) is 1. The maximum Gasteiger partial charge on any atom is 0.256 e. The molecule has 1 aromatic heterocycles. The van der Waals surface area contributed by atoms with Crippen molar-refractivity contribution in [3.05, 3.63) is 64.9 Å². The third-order valence-electron chi connectivity index (χ3n) is 4.45. The van der Waals surface area contributed by atoms with Crippen molar-refractivity contribution >= 4 is 23.4 Å². The summed E-state index contributed by atoms with van der Waals surface area (Å²) in [5.74, 6) is -0.416. The van der Waals surface area contributed by atoms with Crippen LogP contribution in [0.3, 0.4) is 0 Å². The zero-order valence-corrected chi connectivity index (χ0v) is 15.1. The number of nitrogens with zero attached hydrogens (tertiary/aromatic N) is 2. The number of pyridine rings is 1. The molecule has 136 valence electrons. The number of aromatic nitrogens is 1. The molecule has 7 heteroatoms. The fourth-order valence-electron chi connectivity index (χ4n) is 3.01. The summed E-state index contributed by atoms with van der Waals surface area (Å²) in [4.78, 5) is 31.0. The fraction of sp³-hybridized carbons (Fsp3) is 0.316. The molecule has 0 radical (unpaired) electrons. The average molecular weight is 374 g/mol. The van der Waals surface area contributed by atoms with Gasteiger partial charge in [0.2, 0.25) is 5.91 Å². The van der Waals surface area contributed by atoms with Gasteiger partial charge in [-0.2, -0.15) is 0 Å². The minimum atomic E-state index is -0.569. The quantitative estimate of drug-likeness (QED) is 0.872. The van der Waals surface area contributed by atoms with Crippen molar-refractivity contribution in [3.8, 4) is 0 Å². The van der Waals surface area contributed by atoms with Crippen LogP contribution in [-0.2, 0) is 16.1 Å². The van der Waals surface area contributed by atoms with E-state index in [4.69, 9.17) is 16.3 Å². The Balaban J connectivity index is 1.69. The molecule has 2 aromatic rings. The number of methoxy groups -OCH3 is 1. The molecule has 0 spiro atoms. The Morgan fingerprint density at radius 3 is 2.73 bits per heavy atom. The predicted octanol–water partition coefficient (Wildman–Crippen LogP) is 2.28. The summed E-state index contributed by atoms with van der Waals surface area (Å²) in [6.45, 7) is 0.752. The van der Waals surface area contributed by atoms with E-state index in [9.17, 15) is 9.59 Å². The number of halogens is 1. The van der Waals surface area contributed by atoms with Gasteiger partial charge in [0.25, 0.3) is 5.91 Å². The fourth-order valence-corrected chi connectivity index (χ4v) is 3.13. The number of amides is 2. The van der Waals surface area contributed by atoms with Gasteiger partial charge in [0, 0.05) is 44.0 Å². The Labute approximate surface area is 157 Å². The van der Waals surface area contributed by atoms with E-state index < -0.39 is 6.04 Å². The summed E-state index contributed by atoms with van der Waals surface area (Å²) in [5, 5.41) is 3.54. The lowest BCUT2D eigenvalue weighted by molar-refractivity contribution is -0.125. The summed E-state index contributed by atoms with van der Waals surface area (Å²) >= 11 is 5.87. The summed E-state index contributed by atoms with van der Waals surface area (Å²) in [5.41, 5.74) is 1.40. The smallest absolute Gasteiger partial charge is 0.256 e. The molecular formula is C19H20ClN3O3. The molecule has 1 aliphatic heterocycles. The molecule has 0 bridgehead atoms. The zero-order chi connectivity index (χ0) is 18.5. The Bertz CT molecular complexity index is 767. The van der Waals surface area contributed by atoms with Crippen molar-refractivity contribution in [2.45, 2.75) is 25.1 Å². The summed E-state index contributed by atoms with van der Waals surface area (Å²) < 4.78 is 5.38. The Morgan fingerprint density at radius 2 is 2.08 bits per heavy atom. The molecule has 0 aliphatic carbocycles. The van der Waals surface area contributed by atoms with Crippen molar-refractivity contribution in [1.82, 2.24) is 15.2 Å². The van der Waals surface area contributed by atoms with Gasteiger partial charge in [0.05, 0.1) is 11.7 Å². The molecule has 1 saturated heterocycles. The van der Waals surface area contributed by atoms with Crippen molar-refractivity contribution in [2.75, 3.05) is 13.7 Å². The number of hydrogen-bond acceptors (Lipinski definition) is 4. The van der Waals surface area contributed by atoms with Crippen LogP contribution in [-0.4, -0.2) is 47.5 Å². The largest absolute Gasteiger partial charge is 0.380 e. The van der Waals surface area contributed by atoms with Gasteiger partial charge in [-0.3, -0.25) is 14.6 Å². The van der Waals surface area contributed by atoms with Gasteiger partial charge in [-0.1, -0.05) is 23.7 Å². The van der Waals surface area contributed by atoms with Gasteiger partial charge in [-0.05, 0) is 29.8 Å². The molecule has 1 aliphatic rings. The van der Waals surface area contributed by atoms with Gasteiger partial charge in [-0.15, -0.1) is 0 Å². The minimum Gasteiger partial charge on any atom is -0.380 e. The molecule has 0 saturated carbocycles. The highest BCUT2D eigenvalue weighted by Crippen LogP contribution is 2.22. The van der Waals surface area contributed by atoms with E-state index in [-0.39, 0.29) is 17.9 Å². The minimum absolute atomic E-state index is 0.165. The van der Waals surface area contributed by atoms with Crippen LogP contribution in [0.25, 0.3) is 0 Å². The second-order valence-corrected chi connectivity index (χ2v) is 6.59. The summed E-state index contributed by atoms with van der Waals surface area (Å²) in [6, 6.07) is 10.1. The standard InChI is InChI=1S/C19H20ClN3O3/c1-26-16-9-17(18(24)22-10-13-4-6-15(20)7-5-13)23(12-16)19(25)14-3-2-8-21-11-14/h2-8,11,16-17H,9-10,12H2,1H3,(H,22,24)/t16-,17+/m1/s1. The molecule has 2 heterocycles. The first-order valence-corrected chi connectivity index (χ1v) is 8.72. The van der Waals surface area contributed by atoms with Gasteiger partial charge in [0.1, 0.15) is 6.04 Å². The topological polar surface area (TPSA) is 71.5 Å². The molecule has 1 fully saturated rings. The number of carbonyl (C=O) groups is 2. The number of hydrogen-bond donors (Lipinski definition) is 1. The number of nitrogens with one attached hydrogen (secondary N) is 1. The summed E-state index contributed by atoms with van der Waals surface area (Å²) in [6.07, 6.45) is 3.41. The Kier molecular flexibility index (Phi) is 5.85. The van der Waals surface area contributed by atoms with Crippen molar-refractivity contribution in [1.29, 1.82) is 0 Å². The third-order valence-corrected chi connectivity index (χ3v) is 4.70. The van der Waals surface area contributed by atoms with E-state index in [0.717, 1.165) is 5.56 Å². The average Bonchev–Trinajstić information content (AvgIpc) is 3.12. The first kappa shape index (κ1) is 18.4. The van der Waals surface area contributed by atoms with Crippen molar-refractivity contribution < 1.29 is 14.3 Å². The first-order valence-electron chi connectivity index (χ1n) is 8.34. The molecule has 1 N–H and O–H groups in total. The zero-order valence-electron chi connectivity index (χ0n) is 14.4. The second-order valence-electron chi connectivity index (χ2n) is 6.15. The molecule has 26 heavy (non-hydrogen) atoms. The van der Waals surface area contributed by atoms with Crippen LogP contribution in [0.15, 0.2) is 48.8 Å². The number of rotatable bonds is 5. The van der Waals surface area contributed by atoms with Crippen LogP contribution in [0, 0.1) is 0 Å². The molecule has 1 aromatic carbocycles. The highest BCUT2D eigenvalue weighted by atomic mass is 35.5. The van der Waals surface area contributed by atoms with Gasteiger partial charge >= 0.3 is 0 Å². The number of benzene rings is 1. The van der Waals surface area contributed by atoms with Gasteiger partial charge in [0.15, 0.2) is 0 Å². The lowest BCUT2D eigenvalue weighted by Crippen LogP contribution is -2.45. The van der Waals surface area contributed by atoms with E-state index >= 15 is 0 Å². The van der Waals surface area contributed by atoms with Crippen molar-refractivity contribution in [2.24, 2.45) is 0 Å². The first-order chi connectivity index (χ1) is 12.6. The number of ether oxygens (including phenoxy) is 1. The van der Waals surface area contributed by atoms with Gasteiger partial charge in [-0.25, -0.2) is 0 Å². The van der Waals surface area contributed by atoms with Crippen LogP contribution in [0.5, 0.6) is 0 Å². The normalized spacial score (nSPS) is 19.4. The number of carbonyl (C=O) groups excluding carboxylic acids is 2. The van der Waals surface area contributed by atoms with E-state index in [1.165, 1.54) is 6.20 Å². The SMILES string of the molecule is CO[C@@H]1C[C@@H](C(=O)NCc2ccc(Cl)cc2)N(C(=O)c2cccnc2)C1.